The molecule has 0 bridgehead atoms. The number of benzene rings is 2. The van der Waals surface area contributed by atoms with Gasteiger partial charge in [-0.15, -0.1) is 10.2 Å². The van der Waals surface area contributed by atoms with E-state index in [1.807, 2.05) is 0 Å². The zero-order valence-corrected chi connectivity index (χ0v) is 18.4. The van der Waals surface area contributed by atoms with Crippen LogP contribution >= 0.6 is 11.8 Å². The molecule has 2 aromatic carbocycles. The second-order valence-corrected chi connectivity index (χ2v) is 9.96. The van der Waals surface area contributed by atoms with Gasteiger partial charge < -0.3 is 15.0 Å². The third-order valence-electron chi connectivity index (χ3n) is 4.40. The first-order valence-electron chi connectivity index (χ1n) is 9.14. The van der Waals surface area contributed by atoms with Gasteiger partial charge in [0.2, 0.25) is 5.91 Å². The van der Waals surface area contributed by atoms with Crippen LogP contribution in [0.3, 0.4) is 0 Å². The lowest BCUT2D eigenvalue weighted by molar-refractivity contribution is -0.115. The summed E-state index contributed by atoms with van der Waals surface area (Å²) in [5.41, 5.74) is 0.590. The highest BCUT2D eigenvalue weighted by atomic mass is 32.2. The van der Waals surface area contributed by atoms with Gasteiger partial charge in [-0.05, 0) is 43.3 Å². The van der Waals surface area contributed by atoms with E-state index >= 15 is 0 Å². The lowest BCUT2D eigenvalue weighted by Crippen LogP contribution is -2.23. The molecule has 1 unspecified atom stereocenters. The van der Waals surface area contributed by atoms with Gasteiger partial charge >= 0.3 is 5.97 Å². The molecule has 11 heteroatoms. The largest absolute Gasteiger partial charge is 0.478 e. The van der Waals surface area contributed by atoms with E-state index in [0.29, 0.717) is 10.8 Å². The van der Waals surface area contributed by atoms with E-state index in [9.17, 15) is 18.0 Å². The van der Waals surface area contributed by atoms with E-state index in [1.165, 1.54) is 36.4 Å². The number of aromatic carboxylic acids is 1. The molecule has 0 aliphatic rings. The van der Waals surface area contributed by atoms with Crippen molar-refractivity contribution in [2.75, 3.05) is 5.32 Å². The third kappa shape index (κ3) is 5.50. The summed E-state index contributed by atoms with van der Waals surface area (Å²) in [6.45, 7) is 1.68. The topological polar surface area (TPSA) is 131 Å². The maximum atomic E-state index is 12.6. The van der Waals surface area contributed by atoms with Crippen LogP contribution in [0.1, 0.15) is 23.1 Å². The van der Waals surface area contributed by atoms with Gasteiger partial charge in [0, 0.05) is 12.7 Å². The van der Waals surface area contributed by atoms with E-state index in [4.69, 9.17) is 5.11 Å². The first-order valence-corrected chi connectivity index (χ1v) is 11.7. The Hall–Kier alpha value is -3.18. The highest BCUT2D eigenvalue weighted by Gasteiger charge is 2.23. The monoisotopic (exact) mass is 460 g/mol. The molecule has 0 aliphatic heterocycles. The summed E-state index contributed by atoms with van der Waals surface area (Å²) in [5.74, 6) is -1.40. The van der Waals surface area contributed by atoms with Crippen molar-refractivity contribution < 1.29 is 23.1 Å². The lowest BCUT2D eigenvalue weighted by atomic mass is 10.2. The molecule has 0 radical (unpaired) electrons. The highest BCUT2D eigenvalue weighted by Crippen LogP contribution is 2.24. The van der Waals surface area contributed by atoms with Crippen molar-refractivity contribution >= 4 is 39.2 Å². The Kier molecular flexibility index (Phi) is 6.76. The number of thioether (sulfide) groups is 1. The molecule has 1 aromatic heterocycles. The molecule has 3 rings (SSSR count). The lowest BCUT2D eigenvalue weighted by Gasteiger charge is -2.12. The smallest absolute Gasteiger partial charge is 0.335 e. The summed E-state index contributed by atoms with van der Waals surface area (Å²) >= 11 is 1.14. The van der Waals surface area contributed by atoms with Crippen molar-refractivity contribution in [2.45, 2.75) is 28.0 Å². The minimum atomic E-state index is -3.57. The fourth-order valence-electron chi connectivity index (χ4n) is 2.61. The Labute approximate surface area is 183 Å². The van der Waals surface area contributed by atoms with Crippen LogP contribution in [0.2, 0.25) is 0 Å². The third-order valence-corrected chi connectivity index (χ3v) is 7.16. The van der Waals surface area contributed by atoms with Crippen LogP contribution in [-0.4, -0.2) is 45.4 Å². The Balaban J connectivity index is 1.65. The average Bonchev–Trinajstić information content (AvgIpc) is 3.07. The first kappa shape index (κ1) is 22.5. The fraction of sp³-hybridized carbons (Fsp3) is 0.200. The fourth-order valence-corrected chi connectivity index (χ4v) is 4.77. The highest BCUT2D eigenvalue weighted by molar-refractivity contribution is 8.00. The number of nitrogens with one attached hydrogen (secondary N) is 1. The number of carboxylic acids is 1. The molecule has 1 amide bonds. The zero-order chi connectivity index (χ0) is 22.6. The number of anilines is 1. The van der Waals surface area contributed by atoms with Crippen molar-refractivity contribution in [3.8, 4) is 0 Å². The van der Waals surface area contributed by atoms with Crippen molar-refractivity contribution in [1.82, 2.24) is 14.8 Å². The number of hydrogen-bond acceptors (Lipinski definition) is 7. The molecule has 31 heavy (non-hydrogen) atoms. The number of carboxylic acid groups (broad SMARTS) is 1. The van der Waals surface area contributed by atoms with Crippen LogP contribution in [0.4, 0.5) is 5.69 Å². The Morgan fingerprint density at radius 1 is 1.10 bits per heavy atom. The van der Waals surface area contributed by atoms with E-state index in [2.05, 4.69) is 15.5 Å². The Bertz CT molecular complexity index is 1190. The van der Waals surface area contributed by atoms with E-state index in [0.717, 1.165) is 11.8 Å². The van der Waals surface area contributed by atoms with Gasteiger partial charge in [-0.3, -0.25) is 4.79 Å². The number of carbonyl (C=O) groups is 2. The van der Waals surface area contributed by atoms with E-state index in [1.54, 1.807) is 36.7 Å². The molecular weight excluding hydrogens is 440 g/mol. The predicted molar refractivity (Wildman–Crippen MR) is 116 cm³/mol. The summed E-state index contributed by atoms with van der Waals surface area (Å²) in [4.78, 5) is 23.6. The molecule has 2 N–H and O–H groups in total. The molecule has 162 valence electrons. The Morgan fingerprint density at radius 2 is 1.74 bits per heavy atom. The summed E-state index contributed by atoms with van der Waals surface area (Å²) < 4.78 is 26.7. The number of nitrogens with zero attached hydrogens (tertiary/aromatic N) is 3. The van der Waals surface area contributed by atoms with Crippen LogP contribution < -0.4 is 5.32 Å². The van der Waals surface area contributed by atoms with Crippen molar-refractivity contribution in [2.24, 2.45) is 7.05 Å². The molecule has 3 aromatic rings. The van der Waals surface area contributed by atoms with Crippen LogP contribution in [0, 0.1) is 0 Å². The van der Waals surface area contributed by atoms with Crippen LogP contribution in [0.25, 0.3) is 0 Å². The second-order valence-electron chi connectivity index (χ2n) is 6.66. The summed E-state index contributed by atoms with van der Waals surface area (Å²) in [5, 5.41) is 19.5. The summed E-state index contributed by atoms with van der Waals surface area (Å²) in [7, 11) is -1.93. The van der Waals surface area contributed by atoms with Crippen LogP contribution in [0.5, 0.6) is 0 Å². The Morgan fingerprint density at radius 3 is 2.35 bits per heavy atom. The molecule has 0 spiro atoms. The number of aromatic nitrogens is 3. The average molecular weight is 461 g/mol. The maximum absolute atomic E-state index is 12.6. The van der Waals surface area contributed by atoms with Gasteiger partial charge in [0.15, 0.2) is 15.0 Å². The van der Waals surface area contributed by atoms with Crippen LogP contribution in [-0.2, 0) is 27.4 Å². The normalized spacial score (nSPS) is 12.3. The summed E-state index contributed by atoms with van der Waals surface area (Å²) in [6.07, 6.45) is 0. The zero-order valence-electron chi connectivity index (χ0n) is 16.7. The first-order chi connectivity index (χ1) is 14.7. The van der Waals surface area contributed by atoms with Crippen molar-refractivity contribution in [3.05, 3.63) is 66.0 Å². The van der Waals surface area contributed by atoms with Crippen LogP contribution in [0.15, 0.2) is 64.6 Å². The quantitative estimate of drug-likeness (QED) is 0.491. The molecule has 0 aliphatic carbocycles. The minimum absolute atomic E-state index is 0.123. The van der Waals surface area contributed by atoms with E-state index in [-0.39, 0.29) is 27.9 Å². The number of hydrogen-bond donors (Lipinski definition) is 2. The number of rotatable bonds is 8. The molecule has 0 fully saturated rings. The van der Waals surface area contributed by atoms with Gasteiger partial charge in [-0.25, -0.2) is 13.2 Å². The van der Waals surface area contributed by atoms with Crippen molar-refractivity contribution in [3.63, 3.8) is 0 Å². The standard InChI is InChI=1S/C20H20N4O5S2/c1-13(18(25)21-15-10-8-14(9-11-15)19(26)27)30-20-23-22-17(24(20)2)12-31(28,29)16-6-4-3-5-7-16/h3-11,13H,12H2,1-2H3,(H,21,25)(H,26,27). The van der Waals surface area contributed by atoms with Gasteiger partial charge in [0.05, 0.1) is 15.7 Å². The van der Waals surface area contributed by atoms with Gasteiger partial charge in [0.1, 0.15) is 11.6 Å². The molecule has 0 saturated heterocycles. The predicted octanol–water partition coefficient (Wildman–Crippen LogP) is 2.61. The molecule has 1 atom stereocenters. The summed E-state index contributed by atoms with van der Waals surface area (Å²) in [6, 6.07) is 13.9. The SMILES string of the molecule is CC(Sc1nnc(CS(=O)(=O)c2ccccc2)n1C)C(=O)Nc1ccc(C(=O)O)cc1. The van der Waals surface area contributed by atoms with Gasteiger partial charge in [0.25, 0.3) is 0 Å². The molecule has 0 saturated carbocycles. The number of carbonyl (C=O) groups excluding carboxylic acids is 1. The maximum Gasteiger partial charge on any atom is 0.335 e. The second kappa shape index (κ2) is 9.31. The van der Waals surface area contributed by atoms with E-state index < -0.39 is 21.1 Å². The molecular formula is C20H20N4O5S2. The number of sulfone groups is 1. The van der Waals surface area contributed by atoms with Gasteiger partial charge in [-0.1, -0.05) is 30.0 Å². The number of amides is 1. The molecule has 9 nitrogen and oxygen atoms in total. The molecule has 1 heterocycles. The van der Waals surface area contributed by atoms with Crippen molar-refractivity contribution in [1.29, 1.82) is 0 Å². The minimum Gasteiger partial charge on any atom is -0.478 e. The van der Waals surface area contributed by atoms with Gasteiger partial charge in [-0.2, -0.15) is 0 Å².